The van der Waals surface area contributed by atoms with Crippen LogP contribution in [0.25, 0.3) is 11.5 Å². The van der Waals surface area contributed by atoms with E-state index in [9.17, 15) is 9.90 Å². The molecular formula is C25H27NO4. The van der Waals surface area contributed by atoms with Crippen molar-refractivity contribution in [3.63, 3.8) is 0 Å². The van der Waals surface area contributed by atoms with Crippen LogP contribution in [0.2, 0.25) is 0 Å². The van der Waals surface area contributed by atoms with Gasteiger partial charge in [-0.2, -0.15) is 0 Å². The van der Waals surface area contributed by atoms with E-state index in [1.54, 1.807) is 0 Å². The first kappa shape index (κ1) is 20.2. The van der Waals surface area contributed by atoms with E-state index in [-0.39, 0.29) is 11.8 Å². The minimum Gasteiger partial charge on any atom is -0.493 e. The Kier molecular flexibility index (Phi) is 6.17. The summed E-state index contributed by atoms with van der Waals surface area (Å²) in [6.07, 6.45) is 4.22. The number of carboxylic acids is 1. The van der Waals surface area contributed by atoms with Gasteiger partial charge >= 0.3 is 5.97 Å². The third-order valence-corrected chi connectivity index (χ3v) is 5.89. The van der Waals surface area contributed by atoms with Crippen LogP contribution in [0.5, 0.6) is 5.75 Å². The Labute approximate surface area is 176 Å². The van der Waals surface area contributed by atoms with Crippen molar-refractivity contribution in [2.24, 2.45) is 11.8 Å². The van der Waals surface area contributed by atoms with Crippen molar-refractivity contribution < 1.29 is 19.1 Å². The van der Waals surface area contributed by atoms with E-state index in [0.29, 0.717) is 18.9 Å². The summed E-state index contributed by atoms with van der Waals surface area (Å²) in [6, 6.07) is 17.9. The number of carbonyl (C=O) groups is 1. The first-order valence-electron chi connectivity index (χ1n) is 10.6. The van der Waals surface area contributed by atoms with Crippen LogP contribution in [0, 0.1) is 18.8 Å². The first-order chi connectivity index (χ1) is 14.6. The molecule has 0 saturated heterocycles. The lowest BCUT2D eigenvalue weighted by Crippen LogP contribution is -2.19. The lowest BCUT2D eigenvalue weighted by Gasteiger charge is -2.16. The number of hydrogen-bond acceptors (Lipinski definition) is 4. The van der Waals surface area contributed by atoms with Crippen LogP contribution >= 0.6 is 0 Å². The molecule has 30 heavy (non-hydrogen) atoms. The van der Waals surface area contributed by atoms with Gasteiger partial charge in [0.2, 0.25) is 5.89 Å². The fraction of sp³-hybridized carbons (Fsp3) is 0.360. The van der Waals surface area contributed by atoms with E-state index in [4.69, 9.17) is 9.15 Å². The van der Waals surface area contributed by atoms with Gasteiger partial charge in [-0.15, -0.1) is 0 Å². The molecule has 0 aliphatic heterocycles. The normalized spacial score (nSPS) is 18.4. The Balaban J connectivity index is 1.34. The van der Waals surface area contributed by atoms with Gasteiger partial charge < -0.3 is 14.3 Å². The summed E-state index contributed by atoms with van der Waals surface area (Å²) in [4.78, 5) is 16.0. The minimum atomic E-state index is -0.664. The molecule has 4 rings (SSSR count). The smallest absolute Gasteiger partial charge is 0.306 e. The van der Waals surface area contributed by atoms with Crippen molar-refractivity contribution in [2.45, 2.75) is 39.0 Å². The zero-order chi connectivity index (χ0) is 20.9. The Hall–Kier alpha value is -3.08. The SMILES string of the molecule is Cc1oc(-c2ccccc2)nc1CCOc1cccc(C[C@@H]2CCC[C@@H]2C(=O)O)c1. The second kappa shape index (κ2) is 9.16. The second-order valence-electron chi connectivity index (χ2n) is 7.97. The Morgan fingerprint density at radius 1 is 1.17 bits per heavy atom. The van der Waals surface area contributed by atoms with Gasteiger partial charge in [0, 0.05) is 12.0 Å². The van der Waals surface area contributed by atoms with Crippen molar-refractivity contribution in [1.29, 1.82) is 0 Å². The van der Waals surface area contributed by atoms with Crippen molar-refractivity contribution in [3.8, 4) is 17.2 Å². The number of nitrogens with zero attached hydrogens (tertiary/aromatic N) is 1. The standard InChI is InChI=1S/C25H27NO4/c1-17-23(26-24(30-17)19-8-3-2-4-9-19)13-14-29-21-11-5-7-18(16-21)15-20-10-6-12-22(20)25(27)28/h2-5,7-9,11,16,20,22H,6,10,12-15H2,1H3,(H,27,28)/t20-,22-/m0/s1. The zero-order valence-electron chi connectivity index (χ0n) is 17.2. The number of aryl methyl sites for hydroxylation is 1. The molecule has 2 atom stereocenters. The summed E-state index contributed by atoms with van der Waals surface area (Å²) in [5, 5.41) is 9.40. The van der Waals surface area contributed by atoms with Gasteiger partial charge in [-0.05, 0) is 61.9 Å². The maximum absolute atomic E-state index is 11.4. The maximum Gasteiger partial charge on any atom is 0.306 e. The molecule has 5 nitrogen and oxygen atoms in total. The van der Waals surface area contributed by atoms with E-state index >= 15 is 0 Å². The molecule has 5 heteroatoms. The van der Waals surface area contributed by atoms with Gasteiger partial charge in [0.1, 0.15) is 11.5 Å². The predicted octanol–water partition coefficient (Wildman–Crippen LogP) is 5.31. The van der Waals surface area contributed by atoms with Crippen molar-refractivity contribution >= 4 is 5.97 Å². The average molecular weight is 405 g/mol. The minimum absolute atomic E-state index is 0.215. The molecule has 1 aromatic heterocycles. The summed E-state index contributed by atoms with van der Waals surface area (Å²) in [5.41, 5.74) is 3.00. The molecule has 0 spiro atoms. The fourth-order valence-corrected chi connectivity index (χ4v) is 4.30. The molecule has 0 radical (unpaired) electrons. The number of aromatic nitrogens is 1. The molecule has 1 aliphatic rings. The highest BCUT2D eigenvalue weighted by atomic mass is 16.5. The summed E-state index contributed by atoms with van der Waals surface area (Å²) in [6.45, 7) is 2.43. The van der Waals surface area contributed by atoms with Crippen molar-refractivity contribution in [2.75, 3.05) is 6.61 Å². The van der Waals surface area contributed by atoms with Crippen LogP contribution in [0.4, 0.5) is 0 Å². The second-order valence-corrected chi connectivity index (χ2v) is 7.97. The molecule has 1 heterocycles. The molecule has 2 aromatic carbocycles. The van der Waals surface area contributed by atoms with Gasteiger partial charge in [-0.1, -0.05) is 36.8 Å². The molecule has 0 unspecified atom stereocenters. The van der Waals surface area contributed by atoms with Crippen LogP contribution < -0.4 is 4.74 Å². The number of ether oxygens (including phenoxy) is 1. The Morgan fingerprint density at radius 3 is 2.80 bits per heavy atom. The van der Waals surface area contributed by atoms with Crippen LogP contribution in [-0.2, 0) is 17.6 Å². The quantitative estimate of drug-likeness (QED) is 0.549. The average Bonchev–Trinajstić information content (AvgIpc) is 3.36. The summed E-state index contributed by atoms with van der Waals surface area (Å²) >= 11 is 0. The van der Waals surface area contributed by atoms with Gasteiger partial charge in [0.15, 0.2) is 0 Å². The molecule has 0 amide bonds. The molecule has 156 valence electrons. The van der Waals surface area contributed by atoms with Crippen LogP contribution in [0.3, 0.4) is 0 Å². The molecule has 0 bridgehead atoms. The molecule has 3 aromatic rings. The molecular weight excluding hydrogens is 378 g/mol. The van der Waals surface area contributed by atoms with Crippen molar-refractivity contribution in [3.05, 3.63) is 71.6 Å². The number of oxazole rings is 1. The van der Waals surface area contributed by atoms with Crippen LogP contribution in [-0.4, -0.2) is 22.7 Å². The monoisotopic (exact) mass is 405 g/mol. The number of carboxylic acid groups (broad SMARTS) is 1. The van der Waals surface area contributed by atoms with Gasteiger partial charge in [-0.25, -0.2) is 4.98 Å². The van der Waals surface area contributed by atoms with Crippen LogP contribution in [0.15, 0.2) is 59.0 Å². The van der Waals surface area contributed by atoms with E-state index in [1.165, 1.54) is 0 Å². The molecule has 1 aliphatic carbocycles. The van der Waals surface area contributed by atoms with Gasteiger partial charge in [-0.3, -0.25) is 4.79 Å². The van der Waals surface area contributed by atoms with E-state index in [0.717, 1.165) is 54.0 Å². The Morgan fingerprint density at radius 2 is 2.00 bits per heavy atom. The highest BCUT2D eigenvalue weighted by molar-refractivity contribution is 5.70. The maximum atomic E-state index is 11.4. The summed E-state index contributed by atoms with van der Waals surface area (Å²) < 4.78 is 11.8. The van der Waals surface area contributed by atoms with E-state index in [2.05, 4.69) is 11.1 Å². The zero-order valence-corrected chi connectivity index (χ0v) is 17.2. The number of aliphatic carboxylic acids is 1. The van der Waals surface area contributed by atoms with Gasteiger partial charge in [0.05, 0.1) is 18.2 Å². The third kappa shape index (κ3) is 4.73. The number of rotatable bonds is 8. The van der Waals surface area contributed by atoms with Crippen LogP contribution in [0.1, 0.15) is 36.3 Å². The number of benzene rings is 2. The van der Waals surface area contributed by atoms with Crippen molar-refractivity contribution in [1.82, 2.24) is 4.98 Å². The summed E-state index contributed by atoms with van der Waals surface area (Å²) in [5.74, 6) is 1.59. The first-order valence-corrected chi connectivity index (χ1v) is 10.6. The summed E-state index contributed by atoms with van der Waals surface area (Å²) in [7, 11) is 0. The topological polar surface area (TPSA) is 72.6 Å². The fourth-order valence-electron chi connectivity index (χ4n) is 4.30. The lowest BCUT2D eigenvalue weighted by molar-refractivity contribution is -0.142. The lowest BCUT2D eigenvalue weighted by atomic mass is 9.90. The van der Waals surface area contributed by atoms with Gasteiger partial charge in [0.25, 0.3) is 0 Å². The van der Waals surface area contributed by atoms with E-state index < -0.39 is 5.97 Å². The highest BCUT2D eigenvalue weighted by Gasteiger charge is 2.32. The highest BCUT2D eigenvalue weighted by Crippen LogP contribution is 2.35. The molecule has 1 saturated carbocycles. The molecule has 1 N–H and O–H groups in total. The largest absolute Gasteiger partial charge is 0.493 e. The third-order valence-electron chi connectivity index (χ3n) is 5.89. The van der Waals surface area contributed by atoms with E-state index in [1.807, 2.05) is 55.5 Å². The molecule has 1 fully saturated rings. The number of hydrogen-bond donors (Lipinski definition) is 1. The predicted molar refractivity (Wildman–Crippen MR) is 114 cm³/mol. The Bertz CT molecular complexity index is 995.